The van der Waals surface area contributed by atoms with Gasteiger partial charge in [0.05, 0.1) is 6.54 Å². The van der Waals surface area contributed by atoms with Crippen LogP contribution in [0.5, 0.6) is 0 Å². The second-order valence-corrected chi connectivity index (χ2v) is 6.58. The van der Waals surface area contributed by atoms with Gasteiger partial charge >= 0.3 is 0 Å². The van der Waals surface area contributed by atoms with E-state index in [1.807, 2.05) is 23.1 Å². The maximum Gasteiger partial charge on any atom is 0.242 e. The van der Waals surface area contributed by atoms with E-state index in [1.165, 1.54) is 5.56 Å². The average molecular weight is 352 g/mol. The summed E-state index contributed by atoms with van der Waals surface area (Å²) in [6.45, 7) is 2.90. The number of rotatable bonds is 4. The zero-order chi connectivity index (χ0) is 16.2. The number of hydrogen-bond donors (Lipinski definition) is 1. The SMILES string of the molecule is Cl.NC[C@@H]1CN(C(=O)CN2CCCCC2=O)C[C@H]1c1ccccc1. The Bertz CT molecular complexity index is 567. The van der Waals surface area contributed by atoms with Gasteiger partial charge in [-0.1, -0.05) is 30.3 Å². The van der Waals surface area contributed by atoms with Gasteiger partial charge in [0.1, 0.15) is 0 Å². The molecule has 0 aromatic heterocycles. The Morgan fingerprint density at radius 3 is 2.58 bits per heavy atom. The Morgan fingerprint density at radius 2 is 1.92 bits per heavy atom. The smallest absolute Gasteiger partial charge is 0.242 e. The zero-order valence-corrected chi connectivity index (χ0v) is 14.7. The molecule has 0 radical (unpaired) electrons. The van der Waals surface area contributed by atoms with Crippen molar-refractivity contribution in [2.75, 3.05) is 32.7 Å². The molecule has 0 spiro atoms. The first-order valence-electron chi connectivity index (χ1n) is 8.49. The van der Waals surface area contributed by atoms with Crippen LogP contribution < -0.4 is 5.73 Å². The van der Waals surface area contributed by atoms with E-state index in [1.54, 1.807) is 4.90 Å². The van der Waals surface area contributed by atoms with Crippen LogP contribution in [-0.4, -0.2) is 54.3 Å². The van der Waals surface area contributed by atoms with Crippen LogP contribution in [-0.2, 0) is 9.59 Å². The summed E-state index contributed by atoms with van der Waals surface area (Å²) in [4.78, 5) is 28.1. The van der Waals surface area contributed by atoms with E-state index < -0.39 is 0 Å². The number of amides is 2. The number of carbonyl (C=O) groups is 2. The third-order valence-electron chi connectivity index (χ3n) is 5.07. The predicted octanol–water partition coefficient (Wildman–Crippen LogP) is 1.62. The molecule has 2 amide bonds. The summed E-state index contributed by atoms with van der Waals surface area (Å²) in [5, 5.41) is 0. The van der Waals surface area contributed by atoms with Gasteiger partial charge in [-0.15, -0.1) is 12.4 Å². The molecular weight excluding hydrogens is 326 g/mol. The summed E-state index contributed by atoms with van der Waals surface area (Å²) in [5.74, 6) is 0.747. The minimum absolute atomic E-state index is 0. The molecule has 2 saturated heterocycles. The first-order chi connectivity index (χ1) is 11.2. The molecule has 1 aromatic carbocycles. The third-order valence-corrected chi connectivity index (χ3v) is 5.07. The summed E-state index contributed by atoms with van der Waals surface area (Å²) < 4.78 is 0. The van der Waals surface area contributed by atoms with Gasteiger partial charge in [0.25, 0.3) is 0 Å². The average Bonchev–Trinajstić information content (AvgIpc) is 3.02. The summed E-state index contributed by atoms with van der Waals surface area (Å²) >= 11 is 0. The molecule has 2 aliphatic rings. The van der Waals surface area contributed by atoms with Gasteiger partial charge in [0, 0.05) is 32.0 Å². The molecule has 1 aromatic rings. The van der Waals surface area contributed by atoms with Gasteiger partial charge in [-0.3, -0.25) is 9.59 Å². The van der Waals surface area contributed by atoms with Crippen LogP contribution in [0.4, 0.5) is 0 Å². The molecule has 2 heterocycles. The largest absolute Gasteiger partial charge is 0.340 e. The molecular formula is C18H26ClN3O2. The van der Waals surface area contributed by atoms with E-state index in [4.69, 9.17) is 5.73 Å². The minimum atomic E-state index is 0. The van der Waals surface area contributed by atoms with Gasteiger partial charge in [-0.2, -0.15) is 0 Å². The van der Waals surface area contributed by atoms with Crippen molar-refractivity contribution in [3.8, 4) is 0 Å². The lowest BCUT2D eigenvalue weighted by molar-refractivity contribution is -0.141. The molecule has 2 atom stereocenters. The molecule has 24 heavy (non-hydrogen) atoms. The Hall–Kier alpha value is -1.59. The topological polar surface area (TPSA) is 66.6 Å². The summed E-state index contributed by atoms with van der Waals surface area (Å²) in [6.07, 6.45) is 2.51. The molecule has 0 bridgehead atoms. The lowest BCUT2D eigenvalue weighted by atomic mass is 9.89. The van der Waals surface area contributed by atoms with Crippen molar-refractivity contribution in [2.45, 2.75) is 25.2 Å². The van der Waals surface area contributed by atoms with E-state index in [9.17, 15) is 9.59 Å². The van der Waals surface area contributed by atoms with Gasteiger partial charge in [-0.05, 0) is 30.9 Å². The molecule has 5 nitrogen and oxygen atoms in total. The molecule has 0 saturated carbocycles. The predicted molar refractivity (Wildman–Crippen MR) is 96.0 cm³/mol. The first-order valence-corrected chi connectivity index (χ1v) is 8.49. The van der Waals surface area contributed by atoms with Crippen molar-refractivity contribution in [1.82, 2.24) is 9.80 Å². The van der Waals surface area contributed by atoms with Crippen LogP contribution >= 0.6 is 12.4 Å². The number of likely N-dealkylation sites (tertiary alicyclic amines) is 2. The van der Waals surface area contributed by atoms with E-state index in [0.29, 0.717) is 44.4 Å². The van der Waals surface area contributed by atoms with E-state index in [2.05, 4.69) is 12.1 Å². The van der Waals surface area contributed by atoms with E-state index in [-0.39, 0.29) is 30.8 Å². The van der Waals surface area contributed by atoms with Gasteiger partial charge in [0.15, 0.2) is 0 Å². The van der Waals surface area contributed by atoms with E-state index >= 15 is 0 Å². The Morgan fingerprint density at radius 1 is 1.17 bits per heavy atom. The Balaban J connectivity index is 0.00000208. The normalized spacial score (nSPS) is 24.0. The highest BCUT2D eigenvalue weighted by molar-refractivity contribution is 5.85. The summed E-state index contributed by atoms with van der Waals surface area (Å²) in [5.41, 5.74) is 7.17. The highest BCUT2D eigenvalue weighted by atomic mass is 35.5. The van der Waals surface area contributed by atoms with Crippen molar-refractivity contribution in [1.29, 1.82) is 0 Å². The zero-order valence-electron chi connectivity index (χ0n) is 13.9. The lowest BCUT2D eigenvalue weighted by Crippen LogP contribution is -2.44. The Kier molecular flexibility index (Phi) is 6.63. The maximum atomic E-state index is 12.6. The van der Waals surface area contributed by atoms with E-state index in [0.717, 1.165) is 12.8 Å². The molecule has 132 valence electrons. The maximum absolute atomic E-state index is 12.6. The summed E-state index contributed by atoms with van der Waals surface area (Å²) in [7, 11) is 0. The second kappa shape index (κ2) is 8.49. The number of halogens is 1. The van der Waals surface area contributed by atoms with Gasteiger partial charge in [0.2, 0.25) is 11.8 Å². The van der Waals surface area contributed by atoms with Crippen LogP contribution in [0, 0.1) is 5.92 Å². The first kappa shape index (κ1) is 18.7. The highest BCUT2D eigenvalue weighted by Crippen LogP contribution is 2.32. The van der Waals surface area contributed by atoms with Gasteiger partial charge in [-0.25, -0.2) is 0 Å². The number of nitrogens with zero attached hydrogens (tertiary/aromatic N) is 2. The summed E-state index contributed by atoms with van der Waals surface area (Å²) in [6, 6.07) is 10.3. The highest BCUT2D eigenvalue weighted by Gasteiger charge is 2.36. The molecule has 6 heteroatoms. The van der Waals surface area contributed by atoms with Crippen LogP contribution in [0.3, 0.4) is 0 Å². The second-order valence-electron chi connectivity index (χ2n) is 6.58. The number of hydrogen-bond acceptors (Lipinski definition) is 3. The van der Waals surface area contributed by atoms with Crippen LogP contribution in [0.1, 0.15) is 30.7 Å². The fourth-order valence-electron chi connectivity index (χ4n) is 3.68. The molecule has 2 N–H and O–H groups in total. The van der Waals surface area contributed by atoms with Crippen molar-refractivity contribution < 1.29 is 9.59 Å². The standard InChI is InChI=1S/C18H25N3O2.ClH/c19-10-15-11-21(12-16(15)14-6-2-1-3-7-14)18(23)13-20-9-5-4-8-17(20)22;/h1-3,6-7,15-16H,4-5,8-13,19H2;1H/t15-,16+;/m1./s1. The van der Waals surface area contributed by atoms with Crippen molar-refractivity contribution in [2.24, 2.45) is 11.7 Å². The fourth-order valence-corrected chi connectivity index (χ4v) is 3.68. The monoisotopic (exact) mass is 351 g/mol. The van der Waals surface area contributed by atoms with Crippen LogP contribution in [0.2, 0.25) is 0 Å². The molecule has 3 rings (SSSR count). The Labute approximate surface area is 149 Å². The lowest BCUT2D eigenvalue weighted by Gasteiger charge is -2.28. The van der Waals surface area contributed by atoms with Crippen molar-refractivity contribution >= 4 is 24.2 Å². The molecule has 0 aliphatic carbocycles. The van der Waals surface area contributed by atoms with Gasteiger partial charge < -0.3 is 15.5 Å². The number of carbonyl (C=O) groups excluding carboxylic acids is 2. The third kappa shape index (κ3) is 4.08. The minimum Gasteiger partial charge on any atom is -0.340 e. The number of benzene rings is 1. The molecule has 2 aliphatic heterocycles. The number of piperidine rings is 1. The van der Waals surface area contributed by atoms with Crippen molar-refractivity contribution in [3.63, 3.8) is 0 Å². The molecule has 2 fully saturated rings. The van der Waals surface area contributed by atoms with Crippen LogP contribution in [0.15, 0.2) is 30.3 Å². The molecule has 0 unspecified atom stereocenters. The number of nitrogens with two attached hydrogens (primary N) is 1. The van der Waals surface area contributed by atoms with Crippen LogP contribution in [0.25, 0.3) is 0 Å². The quantitative estimate of drug-likeness (QED) is 0.896. The van der Waals surface area contributed by atoms with Crippen molar-refractivity contribution in [3.05, 3.63) is 35.9 Å². The fraction of sp³-hybridized carbons (Fsp3) is 0.556.